The molecule has 0 saturated heterocycles. The number of carboxylic acid groups (broad SMARTS) is 1. The third-order valence-corrected chi connectivity index (χ3v) is 2.39. The van der Waals surface area contributed by atoms with E-state index in [0.717, 1.165) is 0 Å². The van der Waals surface area contributed by atoms with Crippen molar-refractivity contribution in [3.8, 4) is 0 Å². The maximum atomic E-state index is 13.3. The highest BCUT2D eigenvalue weighted by molar-refractivity contribution is 5.67. The van der Waals surface area contributed by atoms with E-state index in [1.54, 1.807) is 0 Å². The summed E-state index contributed by atoms with van der Waals surface area (Å²) in [4.78, 5) is 10.4. The van der Waals surface area contributed by atoms with E-state index in [1.165, 1.54) is 6.92 Å². The van der Waals surface area contributed by atoms with Crippen molar-refractivity contribution in [2.45, 2.75) is 19.4 Å². The molecule has 2 N–H and O–H groups in total. The van der Waals surface area contributed by atoms with Crippen LogP contribution in [0.5, 0.6) is 0 Å². The molecule has 17 heavy (non-hydrogen) atoms. The Balaban J connectivity index is 2.99. The number of aliphatic hydroxyl groups is 1. The van der Waals surface area contributed by atoms with Crippen molar-refractivity contribution >= 4 is 5.97 Å². The van der Waals surface area contributed by atoms with Crippen LogP contribution in [0.1, 0.15) is 25.0 Å². The van der Waals surface area contributed by atoms with Gasteiger partial charge < -0.3 is 10.2 Å². The summed E-state index contributed by atoms with van der Waals surface area (Å²) >= 11 is 0. The summed E-state index contributed by atoms with van der Waals surface area (Å²) in [5, 5.41) is 18.2. The highest BCUT2D eigenvalue weighted by Gasteiger charge is 2.23. The molecule has 0 radical (unpaired) electrons. The lowest BCUT2D eigenvalue weighted by Crippen LogP contribution is -2.15. The zero-order valence-corrected chi connectivity index (χ0v) is 8.95. The molecule has 6 heteroatoms. The van der Waals surface area contributed by atoms with Gasteiger partial charge in [0.2, 0.25) is 0 Å². The van der Waals surface area contributed by atoms with Crippen LogP contribution in [0.4, 0.5) is 13.2 Å². The van der Waals surface area contributed by atoms with E-state index in [4.69, 9.17) is 5.11 Å². The third-order valence-electron chi connectivity index (χ3n) is 2.39. The lowest BCUT2D eigenvalue weighted by atomic mass is 9.94. The van der Waals surface area contributed by atoms with Crippen LogP contribution in [-0.2, 0) is 4.79 Å². The number of benzene rings is 1. The summed E-state index contributed by atoms with van der Waals surface area (Å²) in [6.07, 6.45) is -1.90. The van der Waals surface area contributed by atoms with Crippen molar-refractivity contribution in [2.24, 2.45) is 5.92 Å². The van der Waals surface area contributed by atoms with Crippen LogP contribution < -0.4 is 0 Å². The Labute approximate surface area is 95.5 Å². The number of hydrogen-bond donors (Lipinski definition) is 2. The lowest BCUT2D eigenvalue weighted by molar-refractivity contribution is -0.139. The number of aliphatic carboxylic acids is 1. The molecule has 0 spiro atoms. The summed E-state index contributed by atoms with van der Waals surface area (Å²) in [5.41, 5.74) is -0.447. The molecule has 94 valence electrons. The van der Waals surface area contributed by atoms with E-state index in [9.17, 15) is 23.1 Å². The molecule has 1 aromatic carbocycles. The molecule has 0 amide bonds. The summed E-state index contributed by atoms with van der Waals surface area (Å²) < 4.78 is 38.8. The Morgan fingerprint density at radius 2 is 1.76 bits per heavy atom. The molecule has 1 aromatic rings. The van der Waals surface area contributed by atoms with Gasteiger partial charge in [-0.3, -0.25) is 4.79 Å². The molecule has 0 bridgehead atoms. The minimum atomic E-state index is -1.50. The zero-order chi connectivity index (χ0) is 13.2. The first kappa shape index (κ1) is 13.5. The van der Waals surface area contributed by atoms with Crippen molar-refractivity contribution in [3.63, 3.8) is 0 Å². The Hall–Kier alpha value is -1.56. The molecule has 0 saturated carbocycles. The molecule has 2 unspecified atom stereocenters. The van der Waals surface area contributed by atoms with Gasteiger partial charge in [0.25, 0.3) is 0 Å². The molecular weight excluding hydrogens is 237 g/mol. The van der Waals surface area contributed by atoms with E-state index in [1.807, 2.05) is 0 Å². The van der Waals surface area contributed by atoms with Crippen LogP contribution in [0, 0.1) is 23.4 Å². The molecule has 1 rings (SSSR count). The smallest absolute Gasteiger partial charge is 0.303 e. The van der Waals surface area contributed by atoms with Gasteiger partial charge in [-0.25, -0.2) is 13.2 Å². The van der Waals surface area contributed by atoms with Crippen molar-refractivity contribution in [1.29, 1.82) is 0 Å². The first-order valence-electron chi connectivity index (χ1n) is 4.87. The molecule has 0 aliphatic carbocycles. The van der Waals surface area contributed by atoms with Gasteiger partial charge in [-0.2, -0.15) is 0 Å². The first-order chi connectivity index (χ1) is 7.82. The summed E-state index contributed by atoms with van der Waals surface area (Å²) in [7, 11) is 0. The van der Waals surface area contributed by atoms with Crippen LogP contribution >= 0.6 is 0 Å². The number of rotatable bonds is 4. The van der Waals surface area contributed by atoms with E-state index >= 15 is 0 Å². The van der Waals surface area contributed by atoms with Gasteiger partial charge in [0.1, 0.15) is 5.82 Å². The van der Waals surface area contributed by atoms with Crippen molar-refractivity contribution in [3.05, 3.63) is 35.1 Å². The van der Waals surface area contributed by atoms with Gasteiger partial charge in [-0.05, 0) is 12.0 Å². The van der Waals surface area contributed by atoms with Gasteiger partial charge in [0, 0.05) is 11.6 Å². The van der Waals surface area contributed by atoms with Crippen molar-refractivity contribution < 1.29 is 28.2 Å². The average molecular weight is 248 g/mol. The van der Waals surface area contributed by atoms with Gasteiger partial charge in [-0.1, -0.05) is 6.92 Å². The average Bonchev–Trinajstić information content (AvgIpc) is 2.21. The molecule has 0 fully saturated rings. The highest BCUT2D eigenvalue weighted by atomic mass is 19.2. The van der Waals surface area contributed by atoms with Crippen LogP contribution in [0.15, 0.2) is 12.1 Å². The number of halogens is 3. The van der Waals surface area contributed by atoms with Crippen LogP contribution in [0.25, 0.3) is 0 Å². The fourth-order valence-corrected chi connectivity index (χ4v) is 1.46. The molecule has 3 nitrogen and oxygen atoms in total. The predicted molar refractivity (Wildman–Crippen MR) is 52.7 cm³/mol. The second kappa shape index (κ2) is 5.18. The molecule has 0 aromatic heterocycles. The third kappa shape index (κ3) is 3.20. The van der Waals surface area contributed by atoms with E-state index < -0.39 is 47.4 Å². The number of carbonyl (C=O) groups is 1. The largest absolute Gasteiger partial charge is 0.481 e. The Bertz CT molecular complexity index is 434. The summed E-state index contributed by atoms with van der Waals surface area (Å²) in [6, 6.07) is 0.856. The molecule has 2 atom stereocenters. The minimum absolute atomic E-state index is 0.321. The SMILES string of the molecule is CC(CC(=O)O)C(O)c1cc(F)c(F)cc1F. The van der Waals surface area contributed by atoms with Gasteiger partial charge in [0.05, 0.1) is 12.5 Å². The molecule has 0 heterocycles. The van der Waals surface area contributed by atoms with Gasteiger partial charge in [0.15, 0.2) is 11.6 Å². The zero-order valence-electron chi connectivity index (χ0n) is 8.95. The molecule has 0 aliphatic rings. The number of carboxylic acids is 1. The Morgan fingerprint density at radius 3 is 2.29 bits per heavy atom. The van der Waals surface area contributed by atoms with E-state index in [-0.39, 0.29) is 0 Å². The maximum Gasteiger partial charge on any atom is 0.303 e. The second-order valence-corrected chi connectivity index (χ2v) is 3.81. The lowest BCUT2D eigenvalue weighted by Gasteiger charge is -2.18. The van der Waals surface area contributed by atoms with Crippen molar-refractivity contribution in [2.75, 3.05) is 0 Å². The second-order valence-electron chi connectivity index (χ2n) is 3.81. The van der Waals surface area contributed by atoms with Crippen LogP contribution in [0.3, 0.4) is 0 Å². The Kier molecular flexibility index (Phi) is 4.11. The van der Waals surface area contributed by atoms with E-state index in [2.05, 4.69) is 0 Å². The van der Waals surface area contributed by atoms with E-state index in [0.29, 0.717) is 12.1 Å². The fourth-order valence-electron chi connectivity index (χ4n) is 1.46. The topological polar surface area (TPSA) is 57.5 Å². The van der Waals surface area contributed by atoms with Gasteiger partial charge in [-0.15, -0.1) is 0 Å². The quantitative estimate of drug-likeness (QED) is 0.803. The Morgan fingerprint density at radius 1 is 1.24 bits per heavy atom. The predicted octanol–water partition coefficient (Wildman–Crippen LogP) is 2.25. The fraction of sp³-hybridized carbons (Fsp3) is 0.364. The highest BCUT2D eigenvalue weighted by Crippen LogP contribution is 2.27. The van der Waals surface area contributed by atoms with Crippen LogP contribution in [0.2, 0.25) is 0 Å². The number of hydrogen-bond acceptors (Lipinski definition) is 2. The first-order valence-corrected chi connectivity index (χ1v) is 4.87. The van der Waals surface area contributed by atoms with Crippen LogP contribution in [-0.4, -0.2) is 16.2 Å². The minimum Gasteiger partial charge on any atom is -0.481 e. The summed E-state index contributed by atoms with van der Waals surface area (Å²) in [6.45, 7) is 1.37. The molecule has 0 aliphatic heterocycles. The molecular formula is C11H11F3O3. The monoisotopic (exact) mass is 248 g/mol. The number of aliphatic hydroxyl groups excluding tert-OH is 1. The standard InChI is InChI=1S/C11H11F3O3/c1-5(2-10(15)16)11(17)6-3-8(13)9(14)4-7(6)12/h3-5,11,17H,2H2,1H3,(H,15,16). The van der Waals surface area contributed by atoms with Crippen molar-refractivity contribution in [1.82, 2.24) is 0 Å². The normalized spacial score (nSPS) is 14.4. The maximum absolute atomic E-state index is 13.3. The summed E-state index contributed by atoms with van der Waals surface area (Å²) in [5.74, 6) is -5.73. The van der Waals surface area contributed by atoms with Gasteiger partial charge >= 0.3 is 5.97 Å².